The van der Waals surface area contributed by atoms with Gasteiger partial charge in [0.2, 0.25) is 0 Å². The smallest absolute Gasteiger partial charge is 0.160 e. The molecule has 2 fully saturated rings. The van der Waals surface area contributed by atoms with E-state index in [1.807, 2.05) is 6.07 Å². The van der Waals surface area contributed by atoms with E-state index in [1.54, 1.807) is 0 Å². The zero-order chi connectivity index (χ0) is 16.5. The summed E-state index contributed by atoms with van der Waals surface area (Å²) < 4.78 is 31.9. The number of nitrogens with zero attached hydrogens (tertiary/aromatic N) is 2. The molecule has 126 valence electrons. The maximum atomic E-state index is 13.4. The molecule has 1 saturated carbocycles. The Morgan fingerprint density at radius 1 is 0.917 bits per heavy atom. The van der Waals surface area contributed by atoms with Crippen molar-refractivity contribution in [3.8, 4) is 0 Å². The molecule has 1 aromatic heterocycles. The molecule has 1 aliphatic carbocycles. The summed E-state index contributed by atoms with van der Waals surface area (Å²) in [6, 6.07) is 5.68. The summed E-state index contributed by atoms with van der Waals surface area (Å²) in [6.45, 7) is 1.50. The van der Waals surface area contributed by atoms with Gasteiger partial charge < -0.3 is 10.1 Å². The van der Waals surface area contributed by atoms with Crippen LogP contribution in [-0.4, -0.2) is 23.2 Å². The monoisotopic (exact) mass is 331 g/mol. The molecule has 0 bridgehead atoms. The fourth-order valence-electron chi connectivity index (χ4n) is 3.00. The number of hydrogen-bond donors (Lipinski definition) is 1. The maximum Gasteiger partial charge on any atom is 0.160 e. The Morgan fingerprint density at radius 3 is 2.42 bits per heavy atom. The van der Waals surface area contributed by atoms with Crippen LogP contribution >= 0.6 is 0 Å². The Hall–Kier alpha value is -2.08. The topological polar surface area (TPSA) is 47.0 Å². The second-order valence-electron chi connectivity index (χ2n) is 6.45. The number of ether oxygens (including phenoxy) is 1. The van der Waals surface area contributed by atoms with Crippen molar-refractivity contribution in [2.75, 3.05) is 18.5 Å². The van der Waals surface area contributed by atoms with E-state index in [0.717, 1.165) is 62.5 Å². The highest BCUT2D eigenvalue weighted by Gasteiger charge is 2.28. The summed E-state index contributed by atoms with van der Waals surface area (Å²) in [4.78, 5) is 9.32. The highest BCUT2D eigenvalue weighted by molar-refractivity contribution is 5.56. The number of anilines is 2. The number of nitrogens with one attached hydrogen (secondary N) is 1. The number of hydrogen-bond acceptors (Lipinski definition) is 4. The molecule has 1 aromatic carbocycles. The summed E-state index contributed by atoms with van der Waals surface area (Å²) in [7, 11) is 0. The lowest BCUT2D eigenvalue weighted by Gasteiger charge is -2.22. The second kappa shape index (κ2) is 6.43. The molecule has 1 N–H and O–H groups in total. The Kier molecular flexibility index (Phi) is 4.14. The largest absolute Gasteiger partial charge is 0.381 e. The van der Waals surface area contributed by atoms with Crippen molar-refractivity contribution >= 4 is 11.5 Å². The van der Waals surface area contributed by atoms with E-state index in [4.69, 9.17) is 9.72 Å². The van der Waals surface area contributed by atoms with Crippen molar-refractivity contribution in [1.82, 2.24) is 9.97 Å². The molecule has 1 saturated heterocycles. The van der Waals surface area contributed by atoms with Gasteiger partial charge in [-0.15, -0.1) is 0 Å². The van der Waals surface area contributed by atoms with E-state index in [2.05, 4.69) is 10.3 Å². The first-order chi connectivity index (χ1) is 11.7. The predicted octanol–water partition coefficient (Wildman–Crippen LogP) is 4.27. The van der Waals surface area contributed by atoms with Crippen LogP contribution in [0.5, 0.6) is 0 Å². The van der Waals surface area contributed by atoms with Crippen LogP contribution in [0.2, 0.25) is 0 Å². The molecule has 2 aromatic rings. The second-order valence-corrected chi connectivity index (χ2v) is 6.45. The van der Waals surface area contributed by atoms with Crippen molar-refractivity contribution in [3.05, 3.63) is 47.4 Å². The zero-order valence-electron chi connectivity index (χ0n) is 13.3. The molecule has 0 amide bonds. The standard InChI is InChI=1S/C18H19F2N3O/c19-14-4-3-13(9-15(14)20)21-17-10-16(11-5-7-24-8-6-11)22-18(23-17)12-1-2-12/h3-4,9-12H,1-2,5-8H2,(H,21,22,23). The van der Waals surface area contributed by atoms with Crippen molar-refractivity contribution < 1.29 is 13.5 Å². The summed E-state index contributed by atoms with van der Waals surface area (Å²) >= 11 is 0. The van der Waals surface area contributed by atoms with Crippen LogP contribution in [0.4, 0.5) is 20.3 Å². The normalized spacial score (nSPS) is 18.6. The average Bonchev–Trinajstić information content (AvgIpc) is 3.44. The Morgan fingerprint density at radius 2 is 1.71 bits per heavy atom. The van der Waals surface area contributed by atoms with Crippen LogP contribution in [0.25, 0.3) is 0 Å². The maximum absolute atomic E-state index is 13.4. The third-order valence-electron chi connectivity index (χ3n) is 4.54. The lowest BCUT2D eigenvalue weighted by molar-refractivity contribution is 0.0844. The van der Waals surface area contributed by atoms with Crippen LogP contribution in [0.3, 0.4) is 0 Å². The SMILES string of the molecule is Fc1ccc(Nc2cc(C3CCOCC3)nc(C3CC3)n2)cc1F. The quantitative estimate of drug-likeness (QED) is 0.909. The molecule has 0 radical (unpaired) electrons. The first-order valence-electron chi connectivity index (χ1n) is 8.38. The first-order valence-corrected chi connectivity index (χ1v) is 8.38. The first kappa shape index (κ1) is 15.4. The molecule has 4 nitrogen and oxygen atoms in total. The third kappa shape index (κ3) is 3.38. The van der Waals surface area contributed by atoms with Crippen LogP contribution in [0.15, 0.2) is 24.3 Å². The van der Waals surface area contributed by atoms with Gasteiger partial charge in [-0.25, -0.2) is 18.7 Å². The van der Waals surface area contributed by atoms with Crippen LogP contribution < -0.4 is 5.32 Å². The van der Waals surface area contributed by atoms with Gasteiger partial charge in [-0.1, -0.05) is 0 Å². The van der Waals surface area contributed by atoms with Crippen molar-refractivity contribution in [2.45, 2.75) is 37.5 Å². The lowest BCUT2D eigenvalue weighted by atomic mass is 9.96. The highest BCUT2D eigenvalue weighted by Crippen LogP contribution is 2.39. The third-order valence-corrected chi connectivity index (χ3v) is 4.54. The highest BCUT2D eigenvalue weighted by atomic mass is 19.2. The molecule has 0 unspecified atom stereocenters. The summed E-state index contributed by atoms with van der Waals surface area (Å²) in [5.74, 6) is 0.550. The predicted molar refractivity (Wildman–Crippen MR) is 86.4 cm³/mol. The summed E-state index contributed by atoms with van der Waals surface area (Å²) in [6.07, 6.45) is 4.13. The lowest BCUT2D eigenvalue weighted by Crippen LogP contribution is -2.16. The minimum atomic E-state index is -0.874. The summed E-state index contributed by atoms with van der Waals surface area (Å²) in [5, 5.41) is 3.09. The molecular formula is C18H19F2N3O. The van der Waals surface area contributed by atoms with Crippen LogP contribution in [-0.2, 0) is 4.74 Å². The molecule has 1 aliphatic heterocycles. The van der Waals surface area contributed by atoms with Gasteiger partial charge in [0.15, 0.2) is 11.6 Å². The fourth-order valence-corrected chi connectivity index (χ4v) is 3.00. The van der Waals surface area contributed by atoms with E-state index < -0.39 is 11.6 Å². The van der Waals surface area contributed by atoms with Gasteiger partial charge in [-0.2, -0.15) is 0 Å². The van der Waals surface area contributed by atoms with Gasteiger partial charge >= 0.3 is 0 Å². The number of rotatable bonds is 4. The molecule has 2 aliphatic rings. The number of aromatic nitrogens is 2. The van der Waals surface area contributed by atoms with Gasteiger partial charge in [-0.3, -0.25) is 0 Å². The minimum Gasteiger partial charge on any atom is -0.381 e. The van der Waals surface area contributed by atoms with Gasteiger partial charge in [0.05, 0.1) is 0 Å². The van der Waals surface area contributed by atoms with Crippen LogP contribution in [0, 0.1) is 11.6 Å². The van der Waals surface area contributed by atoms with E-state index in [0.29, 0.717) is 23.3 Å². The molecule has 0 atom stereocenters. The van der Waals surface area contributed by atoms with Gasteiger partial charge in [0, 0.05) is 48.6 Å². The molecule has 6 heteroatoms. The Balaban J connectivity index is 1.63. The minimum absolute atomic E-state index is 0.366. The van der Waals surface area contributed by atoms with Crippen molar-refractivity contribution in [1.29, 1.82) is 0 Å². The molecule has 4 rings (SSSR count). The molecular weight excluding hydrogens is 312 g/mol. The zero-order valence-corrected chi connectivity index (χ0v) is 13.3. The summed E-state index contributed by atoms with van der Waals surface area (Å²) in [5.41, 5.74) is 1.49. The molecule has 0 spiro atoms. The molecule has 24 heavy (non-hydrogen) atoms. The van der Waals surface area contributed by atoms with Gasteiger partial charge in [0.1, 0.15) is 11.6 Å². The van der Waals surface area contributed by atoms with Crippen LogP contribution in [0.1, 0.15) is 49.0 Å². The van der Waals surface area contributed by atoms with Crippen molar-refractivity contribution in [3.63, 3.8) is 0 Å². The Bertz CT molecular complexity index is 743. The van der Waals surface area contributed by atoms with Gasteiger partial charge in [0.25, 0.3) is 0 Å². The van der Waals surface area contributed by atoms with E-state index in [9.17, 15) is 8.78 Å². The van der Waals surface area contributed by atoms with E-state index in [-0.39, 0.29) is 0 Å². The average molecular weight is 331 g/mol. The van der Waals surface area contributed by atoms with E-state index in [1.165, 1.54) is 6.07 Å². The number of benzene rings is 1. The molecule has 2 heterocycles. The van der Waals surface area contributed by atoms with E-state index >= 15 is 0 Å². The van der Waals surface area contributed by atoms with Gasteiger partial charge in [-0.05, 0) is 37.8 Å². The number of halogens is 2. The Labute approximate surface area is 139 Å². The van der Waals surface area contributed by atoms with Crippen molar-refractivity contribution in [2.24, 2.45) is 0 Å². The fraction of sp³-hybridized carbons (Fsp3) is 0.444.